The molecule has 0 saturated carbocycles. The lowest BCUT2D eigenvalue weighted by Gasteiger charge is -2.37. The molecule has 4 rings (SSSR count). The van der Waals surface area contributed by atoms with Crippen LogP contribution in [0.3, 0.4) is 0 Å². The number of aromatic nitrogens is 4. The summed E-state index contributed by atoms with van der Waals surface area (Å²) in [6.07, 6.45) is 3.06. The van der Waals surface area contributed by atoms with Crippen LogP contribution >= 0.6 is 0 Å². The van der Waals surface area contributed by atoms with Crippen molar-refractivity contribution in [1.29, 1.82) is 0 Å². The van der Waals surface area contributed by atoms with E-state index in [0.29, 0.717) is 24.4 Å². The molecule has 0 spiro atoms. The summed E-state index contributed by atoms with van der Waals surface area (Å²) in [6.45, 7) is 9.21. The van der Waals surface area contributed by atoms with Gasteiger partial charge in [0.05, 0.1) is 11.3 Å². The SMILES string of the molecule is Cc1cccc(N2CCN(C(=O)c3cnc4ncnn4c3C)CC2)c1C. The van der Waals surface area contributed by atoms with Crippen molar-refractivity contribution in [3.8, 4) is 0 Å². The topological polar surface area (TPSA) is 66.6 Å². The number of amides is 1. The van der Waals surface area contributed by atoms with Crippen LogP contribution < -0.4 is 4.90 Å². The van der Waals surface area contributed by atoms with Gasteiger partial charge in [0.25, 0.3) is 11.7 Å². The monoisotopic (exact) mass is 350 g/mol. The Labute approximate surface area is 152 Å². The molecule has 1 saturated heterocycles. The molecule has 0 atom stereocenters. The third-order valence-electron chi connectivity index (χ3n) is 5.26. The molecule has 3 aromatic rings. The average molecular weight is 350 g/mol. The van der Waals surface area contributed by atoms with Gasteiger partial charge in [-0.2, -0.15) is 10.1 Å². The molecule has 7 heteroatoms. The van der Waals surface area contributed by atoms with Gasteiger partial charge in [-0.1, -0.05) is 12.1 Å². The number of hydrogen-bond donors (Lipinski definition) is 0. The molecule has 0 aliphatic carbocycles. The number of carbonyl (C=O) groups excluding carboxylic acids is 1. The van der Waals surface area contributed by atoms with E-state index in [2.05, 4.69) is 52.0 Å². The molecule has 1 amide bonds. The zero-order valence-corrected chi connectivity index (χ0v) is 15.3. The fraction of sp³-hybridized carbons (Fsp3) is 0.368. The van der Waals surface area contributed by atoms with Gasteiger partial charge in [0.1, 0.15) is 6.33 Å². The van der Waals surface area contributed by atoms with Crippen molar-refractivity contribution in [1.82, 2.24) is 24.5 Å². The van der Waals surface area contributed by atoms with Crippen LogP contribution in [0, 0.1) is 20.8 Å². The average Bonchev–Trinajstić information content (AvgIpc) is 3.14. The minimum Gasteiger partial charge on any atom is -0.368 e. The molecule has 0 radical (unpaired) electrons. The lowest BCUT2D eigenvalue weighted by atomic mass is 10.1. The van der Waals surface area contributed by atoms with Gasteiger partial charge in [0, 0.05) is 38.1 Å². The first kappa shape index (κ1) is 16.5. The molecule has 0 bridgehead atoms. The third kappa shape index (κ3) is 2.69. The van der Waals surface area contributed by atoms with Crippen LogP contribution in [-0.4, -0.2) is 56.6 Å². The number of anilines is 1. The van der Waals surface area contributed by atoms with Crippen LogP contribution in [0.25, 0.3) is 5.78 Å². The second-order valence-electron chi connectivity index (χ2n) is 6.73. The highest BCUT2D eigenvalue weighted by molar-refractivity contribution is 5.95. The van der Waals surface area contributed by atoms with Crippen LogP contribution in [0.5, 0.6) is 0 Å². The van der Waals surface area contributed by atoms with E-state index in [4.69, 9.17) is 0 Å². The Hall–Kier alpha value is -2.96. The molecule has 1 aliphatic heterocycles. The Morgan fingerprint density at radius 2 is 1.81 bits per heavy atom. The molecule has 1 aromatic carbocycles. The van der Waals surface area contributed by atoms with Gasteiger partial charge < -0.3 is 9.80 Å². The number of nitrogens with zero attached hydrogens (tertiary/aromatic N) is 6. The molecule has 1 aliphatic rings. The van der Waals surface area contributed by atoms with E-state index in [0.717, 1.165) is 18.8 Å². The smallest absolute Gasteiger partial charge is 0.257 e. The lowest BCUT2D eigenvalue weighted by Crippen LogP contribution is -2.49. The van der Waals surface area contributed by atoms with Gasteiger partial charge in [0.15, 0.2) is 0 Å². The summed E-state index contributed by atoms with van der Waals surface area (Å²) >= 11 is 0. The van der Waals surface area contributed by atoms with Gasteiger partial charge in [-0.05, 0) is 38.0 Å². The molecular formula is C19H22N6O. The molecule has 1 fully saturated rings. The Bertz CT molecular complexity index is 971. The lowest BCUT2D eigenvalue weighted by molar-refractivity contribution is 0.0745. The van der Waals surface area contributed by atoms with Crippen LogP contribution in [0.2, 0.25) is 0 Å². The molecule has 0 unspecified atom stereocenters. The number of fused-ring (bicyclic) bond motifs is 1. The van der Waals surface area contributed by atoms with Gasteiger partial charge in [-0.3, -0.25) is 4.79 Å². The number of rotatable bonds is 2. The fourth-order valence-electron chi connectivity index (χ4n) is 3.50. The van der Waals surface area contributed by atoms with E-state index in [1.165, 1.54) is 23.1 Å². The van der Waals surface area contributed by atoms with Crippen molar-refractivity contribution in [2.24, 2.45) is 0 Å². The van der Waals surface area contributed by atoms with Gasteiger partial charge in [-0.25, -0.2) is 9.50 Å². The Balaban J connectivity index is 1.51. The summed E-state index contributed by atoms with van der Waals surface area (Å²) in [5.74, 6) is 0.520. The van der Waals surface area contributed by atoms with Crippen molar-refractivity contribution in [3.05, 3.63) is 53.1 Å². The predicted molar refractivity (Wildman–Crippen MR) is 99.6 cm³/mol. The molecule has 0 N–H and O–H groups in total. The summed E-state index contributed by atoms with van der Waals surface area (Å²) in [5, 5.41) is 4.14. The van der Waals surface area contributed by atoms with Gasteiger partial charge in [-0.15, -0.1) is 0 Å². The maximum atomic E-state index is 13.0. The number of hydrogen-bond acceptors (Lipinski definition) is 5. The van der Waals surface area contributed by atoms with Crippen LogP contribution in [0.4, 0.5) is 5.69 Å². The molecule has 3 heterocycles. The highest BCUT2D eigenvalue weighted by atomic mass is 16.2. The number of carbonyl (C=O) groups is 1. The number of benzene rings is 1. The first-order chi connectivity index (χ1) is 12.6. The second kappa shape index (κ2) is 6.40. The standard InChI is InChI=1S/C19H22N6O/c1-13-5-4-6-17(14(13)2)23-7-9-24(10-8-23)18(26)16-11-20-19-21-12-22-25(19)15(16)3/h4-6,11-12H,7-10H2,1-3H3. The highest BCUT2D eigenvalue weighted by Crippen LogP contribution is 2.24. The molecule has 26 heavy (non-hydrogen) atoms. The summed E-state index contributed by atoms with van der Waals surface area (Å²) in [6, 6.07) is 6.39. The minimum atomic E-state index is 0.00742. The number of piperazine rings is 1. The van der Waals surface area contributed by atoms with Crippen molar-refractivity contribution >= 4 is 17.4 Å². The summed E-state index contributed by atoms with van der Waals surface area (Å²) < 4.78 is 1.61. The Morgan fingerprint density at radius 1 is 1.04 bits per heavy atom. The fourth-order valence-corrected chi connectivity index (χ4v) is 3.50. The quantitative estimate of drug-likeness (QED) is 0.707. The molecular weight excluding hydrogens is 328 g/mol. The largest absolute Gasteiger partial charge is 0.368 e. The summed E-state index contributed by atoms with van der Waals surface area (Å²) in [5.41, 5.74) is 5.23. The third-order valence-corrected chi connectivity index (χ3v) is 5.26. The maximum Gasteiger partial charge on any atom is 0.257 e. The summed E-state index contributed by atoms with van der Waals surface area (Å²) in [7, 11) is 0. The zero-order chi connectivity index (χ0) is 18.3. The molecule has 7 nitrogen and oxygen atoms in total. The predicted octanol–water partition coefficient (Wildman–Crippen LogP) is 2.01. The second-order valence-corrected chi connectivity index (χ2v) is 6.73. The normalized spacial score (nSPS) is 14.9. The van der Waals surface area contributed by atoms with E-state index in [9.17, 15) is 4.79 Å². The van der Waals surface area contributed by atoms with E-state index in [1.54, 1.807) is 10.7 Å². The molecule has 134 valence electrons. The van der Waals surface area contributed by atoms with Crippen molar-refractivity contribution in [3.63, 3.8) is 0 Å². The van der Waals surface area contributed by atoms with Gasteiger partial charge in [0.2, 0.25) is 0 Å². The Morgan fingerprint density at radius 3 is 2.58 bits per heavy atom. The van der Waals surface area contributed by atoms with Crippen molar-refractivity contribution < 1.29 is 4.79 Å². The first-order valence-electron chi connectivity index (χ1n) is 8.82. The number of aryl methyl sites for hydroxylation is 2. The van der Waals surface area contributed by atoms with Crippen LogP contribution in [0.15, 0.2) is 30.7 Å². The Kier molecular flexibility index (Phi) is 4.06. The van der Waals surface area contributed by atoms with Crippen molar-refractivity contribution in [2.75, 3.05) is 31.1 Å². The van der Waals surface area contributed by atoms with E-state index in [-0.39, 0.29) is 5.91 Å². The van der Waals surface area contributed by atoms with Crippen LogP contribution in [0.1, 0.15) is 27.2 Å². The first-order valence-corrected chi connectivity index (χ1v) is 8.82. The van der Waals surface area contributed by atoms with Crippen molar-refractivity contribution in [2.45, 2.75) is 20.8 Å². The zero-order valence-electron chi connectivity index (χ0n) is 15.3. The van der Waals surface area contributed by atoms with Crippen LogP contribution in [-0.2, 0) is 0 Å². The van der Waals surface area contributed by atoms with Gasteiger partial charge >= 0.3 is 0 Å². The van der Waals surface area contributed by atoms with E-state index >= 15 is 0 Å². The summed E-state index contributed by atoms with van der Waals surface area (Å²) in [4.78, 5) is 25.5. The van der Waals surface area contributed by atoms with E-state index < -0.39 is 0 Å². The molecule has 2 aromatic heterocycles. The van der Waals surface area contributed by atoms with E-state index in [1.807, 2.05) is 11.8 Å². The maximum absolute atomic E-state index is 13.0. The minimum absolute atomic E-state index is 0.00742. The highest BCUT2D eigenvalue weighted by Gasteiger charge is 2.25.